The van der Waals surface area contributed by atoms with E-state index in [0.29, 0.717) is 6.54 Å². The molecule has 0 heterocycles. The Labute approximate surface area is 36.6 Å². The van der Waals surface area contributed by atoms with Gasteiger partial charge in [-0.05, 0) is 18.7 Å². The molecule has 0 aromatic carbocycles. The van der Waals surface area contributed by atoms with Crippen molar-refractivity contribution in [1.29, 1.82) is 0 Å². The summed E-state index contributed by atoms with van der Waals surface area (Å²) < 4.78 is 1.10. The number of hydrazine groups is 1. The summed E-state index contributed by atoms with van der Waals surface area (Å²) in [6, 6.07) is 0. The lowest BCUT2D eigenvalue weighted by molar-refractivity contribution is 0.509. The molecular formula is C2H7ClN2. The summed E-state index contributed by atoms with van der Waals surface area (Å²) in [7, 11) is 0. The summed E-state index contributed by atoms with van der Waals surface area (Å²) in [5.41, 5.74) is 0. The van der Waals surface area contributed by atoms with Gasteiger partial charge in [-0.25, -0.2) is 0 Å². The average Bonchev–Trinajstić information content (AvgIpc) is 1.38. The maximum Gasteiger partial charge on any atom is 0.0265 e. The Bertz CT molecular complexity index is 21.6. The van der Waals surface area contributed by atoms with Gasteiger partial charge in [0.2, 0.25) is 0 Å². The largest absolute Gasteiger partial charge is 0.255 e. The van der Waals surface area contributed by atoms with E-state index in [4.69, 9.17) is 17.6 Å². The van der Waals surface area contributed by atoms with Crippen LogP contribution in [-0.2, 0) is 0 Å². The van der Waals surface area contributed by atoms with Crippen LogP contribution >= 0.6 is 11.8 Å². The molecule has 0 saturated carbocycles. The van der Waals surface area contributed by atoms with Gasteiger partial charge in [0.1, 0.15) is 0 Å². The predicted octanol–water partition coefficient (Wildman–Crippen LogP) is 0.336. The van der Waals surface area contributed by atoms with Gasteiger partial charge in [-0.1, -0.05) is 0 Å². The van der Waals surface area contributed by atoms with E-state index in [-0.39, 0.29) is 0 Å². The minimum absolute atomic E-state index is 0.682. The van der Waals surface area contributed by atoms with Crippen molar-refractivity contribution in [2.24, 2.45) is 5.84 Å². The van der Waals surface area contributed by atoms with Crippen LogP contribution < -0.4 is 5.84 Å². The van der Waals surface area contributed by atoms with E-state index < -0.39 is 0 Å². The third kappa shape index (κ3) is 4.21. The Balaban J connectivity index is 2.54. The summed E-state index contributed by atoms with van der Waals surface area (Å²) in [6.45, 7) is 2.55. The number of rotatable bonds is 1. The van der Waals surface area contributed by atoms with Gasteiger partial charge in [0.05, 0.1) is 0 Å². The van der Waals surface area contributed by atoms with Gasteiger partial charge in [0, 0.05) is 6.54 Å². The third-order valence-electron chi connectivity index (χ3n) is 0.302. The molecule has 0 atom stereocenters. The van der Waals surface area contributed by atoms with Crippen LogP contribution in [0.15, 0.2) is 0 Å². The molecule has 0 rings (SSSR count). The fourth-order valence-electron chi connectivity index (χ4n) is 0. The van der Waals surface area contributed by atoms with Crippen LogP contribution in [0.5, 0.6) is 0 Å². The predicted molar refractivity (Wildman–Crippen MR) is 22.4 cm³/mol. The highest BCUT2D eigenvalue weighted by Gasteiger charge is 1.76. The summed E-state index contributed by atoms with van der Waals surface area (Å²) in [6.07, 6.45) is 0. The molecule has 3 heteroatoms. The normalized spacial score (nSPS) is 9.60. The van der Waals surface area contributed by atoms with Crippen LogP contribution in [0.2, 0.25) is 0 Å². The first-order valence-electron chi connectivity index (χ1n) is 1.45. The Hall–Kier alpha value is 0.210. The van der Waals surface area contributed by atoms with Gasteiger partial charge in [-0.2, -0.15) is 4.53 Å². The van der Waals surface area contributed by atoms with Crippen molar-refractivity contribution in [2.45, 2.75) is 6.92 Å². The molecule has 0 bridgehead atoms. The van der Waals surface area contributed by atoms with E-state index in [1.165, 1.54) is 0 Å². The van der Waals surface area contributed by atoms with Crippen molar-refractivity contribution in [1.82, 2.24) is 4.53 Å². The number of halogens is 1. The number of nitrogens with two attached hydrogens (primary N) is 1. The average molecular weight is 94.5 g/mol. The third-order valence-corrected chi connectivity index (χ3v) is 0.541. The molecule has 32 valence electrons. The van der Waals surface area contributed by atoms with Crippen LogP contribution in [0.25, 0.3) is 0 Å². The summed E-state index contributed by atoms with van der Waals surface area (Å²) in [5, 5.41) is 0. The number of hydrogen-bond acceptors (Lipinski definition) is 2. The first-order chi connectivity index (χ1) is 2.27. The minimum Gasteiger partial charge on any atom is -0.255 e. The molecule has 0 aliphatic heterocycles. The Morgan fingerprint density at radius 1 is 2.00 bits per heavy atom. The minimum atomic E-state index is 0.682. The quantitative estimate of drug-likeness (QED) is 0.288. The molecule has 0 fully saturated rings. The second-order valence-corrected chi connectivity index (χ2v) is 1.15. The Morgan fingerprint density at radius 2 is 2.20 bits per heavy atom. The molecule has 0 aromatic rings. The van der Waals surface area contributed by atoms with E-state index in [0.717, 1.165) is 4.53 Å². The molecule has 2 nitrogen and oxygen atoms in total. The number of nitrogens with zero attached hydrogens (tertiary/aromatic N) is 1. The standard InChI is InChI=1S/C2H7ClN2/c1-2-5(3)4/h2,4H2,1H3. The zero-order chi connectivity index (χ0) is 4.28. The highest BCUT2D eigenvalue weighted by molar-refractivity contribution is 6.12. The molecule has 5 heavy (non-hydrogen) atoms. The van der Waals surface area contributed by atoms with E-state index in [1.54, 1.807) is 0 Å². The van der Waals surface area contributed by atoms with Gasteiger partial charge < -0.3 is 0 Å². The van der Waals surface area contributed by atoms with Crippen molar-refractivity contribution in [3.05, 3.63) is 0 Å². The lowest BCUT2D eigenvalue weighted by atomic mass is 10.8. The van der Waals surface area contributed by atoms with Crippen molar-refractivity contribution < 1.29 is 0 Å². The first kappa shape index (κ1) is 5.21. The highest BCUT2D eigenvalue weighted by atomic mass is 35.5. The lowest BCUT2D eigenvalue weighted by Crippen LogP contribution is -2.18. The van der Waals surface area contributed by atoms with E-state index in [1.807, 2.05) is 6.92 Å². The zero-order valence-corrected chi connectivity index (χ0v) is 3.87. The van der Waals surface area contributed by atoms with Crippen molar-refractivity contribution >= 4 is 11.8 Å². The van der Waals surface area contributed by atoms with E-state index in [9.17, 15) is 0 Å². The fourth-order valence-corrected chi connectivity index (χ4v) is 0. The zero-order valence-electron chi connectivity index (χ0n) is 3.11. The molecule has 0 aliphatic rings. The maximum atomic E-state index is 5.07. The van der Waals surface area contributed by atoms with Gasteiger partial charge in [-0.3, -0.25) is 5.84 Å². The Kier molecular flexibility index (Phi) is 2.55. The van der Waals surface area contributed by atoms with Gasteiger partial charge >= 0.3 is 0 Å². The molecular weight excluding hydrogens is 87.5 g/mol. The monoisotopic (exact) mass is 94.0 g/mol. The molecule has 0 amide bonds. The van der Waals surface area contributed by atoms with Crippen LogP contribution in [0.3, 0.4) is 0 Å². The Morgan fingerprint density at radius 3 is 2.20 bits per heavy atom. The van der Waals surface area contributed by atoms with Crippen molar-refractivity contribution in [2.75, 3.05) is 6.54 Å². The summed E-state index contributed by atoms with van der Waals surface area (Å²) >= 11 is 5.07. The fraction of sp³-hybridized carbons (Fsp3) is 1.00. The van der Waals surface area contributed by atoms with Crippen molar-refractivity contribution in [3.8, 4) is 0 Å². The second-order valence-electron chi connectivity index (χ2n) is 0.716. The van der Waals surface area contributed by atoms with Gasteiger partial charge in [-0.15, -0.1) is 0 Å². The summed E-state index contributed by atoms with van der Waals surface area (Å²) in [4.78, 5) is 0. The van der Waals surface area contributed by atoms with Crippen LogP contribution in [-0.4, -0.2) is 11.1 Å². The van der Waals surface area contributed by atoms with Crippen LogP contribution in [0, 0.1) is 0 Å². The number of hydrogen-bond donors (Lipinski definition) is 1. The van der Waals surface area contributed by atoms with Crippen LogP contribution in [0.1, 0.15) is 6.92 Å². The van der Waals surface area contributed by atoms with Crippen LogP contribution in [0.4, 0.5) is 0 Å². The molecule has 0 spiro atoms. The first-order valence-corrected chi connectivity index (χ1v) is 1.79. The molecule has 0 aliphatic carbocycles. The topological polar surface area (TPSA) is 29.3 Å². The van der Waals surface area contributed by atoms with Gasteiger partial charge in [0.25, 0.3) is 0 Å². The second kappa shape index (κ2) is 2.45. The molecule has 2 N–H and O–H groups in total. The summed E-state index contributed by atoms with van der Waals surface area (Å²) in [5.74, 6) is 4.89. The highest BCUT2D eigenvalue weighted by Crippen LogP contribution is 1.75. The molecule has 0 unspecified atom stereocenters. The molecule has 0 saturated heterocycles. The van der Waals surface area contributed by atoms with Gasteiger partial charge in [0.15, 0.2) is 0 Å². The van der Waals surface area contributed by atoms with E-state index >= 15 is 0 Å². The SMILES string of the molecule is CCN(N)Cl. The lowest BCUT2D eigenvalue weighted by Gasteiger charge is -1.95. The van der Waals surface area contributed by atoms with Crippen molar-refractivity contribution in [3.63, 3.8) is 0 Å². The smallest absolute Gasteiger partial charge is 0.0265 e. The molecule has 0 aromatic heterocycles. The van der Waals surface area contributed by atoms with E-state index in [2.05, 4.69) is 0 Å². The maximum absolute atomic E-state index is 5.07. The molecule has 0 radical (unpaired) electrons.